The van der Waals surface area contributed by atoms with Gasteiger partial charge in [0.2, 0.25) is 0 Å². The van der Waals surface area contributed by atoms with E-state index in [9.17, 15) is 4.39 Å². The lowest BCUT2D eigenvalue weighted by Crippen LogP contribution is -1.99. The van der Waals surface area contributed by atoms with Gasteiger partial charge >= 0.3 is 0 Å². The molecule has 1 aromatic carbocycles. The number of anilines is 1. The largest absolute Gasteiger partial charge is 0.381 e. The van der Waals surface area contributed by atoms with E-state index in [2.05, 4.69) is 10.4 Å². The van der Waals surface area contributed by atoms with Crippen LogP contribution in [-0.2, 0) is 6.54 Å². The summed E-state index contributed by atoms with van der Waals surface area (Å²) in [5.74, 6) is -0.220. The zero-order chi connectivity index (χ0) is 13.2. The van der Waals surface area contributed by atoms with Crippen molar-refractivity contribution in [1.82, 2.24) is 9.61 Å². The van der Waals surface area contributed by atoms with Crippen LogP contribution in [0.3, 0.4) is 0 Å². The topological polar surface area (TPSA) is 29.3 Å². The van der Waals surface area contributed by atoms with Gasteiger partial charge in [-0.05, 0) is 42.8 Å². The Labute approximate surface area is 110 Å². The van der Waals surface area contributed by atoms with E-state index in [4.69, 9.17) is 0 Å². The molecule has 4 heteroatoms. The Morgan fingerprint density at radius 1 is 1.26 bits per heavy atom. The van der Waals surface area contributed by atoms with Crippen LogP contribution in [0.4, 0.5) is 10.1 Å². The monoisotopic (exact) mass is 255 g/mol. The third-order valence-electron chi connectivity index (χ3n) is 3.03. The normalized spacial score (nSPS) is 10.8. The van der Waals surface area contributed by atoms with Gasteiger partial charge in [-0.25, -0.2) is 8.91 Å². The second-order valence-corrected chi connectivity index (χ2v) is 4.57. The third kappa shape index (κ3) is 2.42. The lowest BCUT2D eigenvalue weighted by molar-refractivity contribution is 0.627. The molecule has 96 valence electrons. The number of hydrogen-bond donors (Lipinski definition) is 1. The molecule has 2 heterocycles. The van der Waals surface area contributed by atoms with E-state index in [1.807, 2.05) is 48.1 Å². The molecule has 0 radical (unpaired) electrons. The molecule has 0 atom stereocenters. The summed E-state index contributed by atoms with van der Waals surface area (Å²) >= 11 is 0. The predicted molar refractivity (Wildman–Crippen MR) is 73.7 cm³/mol. The first-order valence-corrected chi connectivity index (χ1v) is 6.15. The molecular weight excluding hydrogens is 241 g/mol. The Morgan fingerprint density at radius 3 is 3.00 bits per heavy atom. The summed E-state index contributed by atoms with van der Waals surface area (Å²) in [6.45, 7) is 2.50. The number of nitrogens with zero attached hydrogens (tertiary/aromatic N) is 2. The maximum Gasteiger partial charge on any atom is 0.125 e. The van der Waals surface area contributed by atoms with E-state index < -0.39 is 0 Å². The molecule has 0 saturated carbocycles. The number of halogens is 1. The number of rotatable bonds is 3. The van der Waals surface area contributed by atoms with Crippen molar-refractivity contribution >= 4 is 11.2 Å². The van der Waals surface area contributed by atoms with Crippen molar-refractivity contribution in [2.45, 2.75) is 13.5 Å². The number of pyridine rings is 1. The summed E-state index contributed by atoms with van der Waals surface area (Å²) in [7, 11) is 0. The molecule has 19 heavy (non-hydrogen) atoms. The van der Waals surface area contributed by atoms with Crippen LogP contribution >= 0.6 is 0 Å². The Kier molecular flexibility index (Phi) is 2.91. The average Bonchev–Trinajstić information content (AvgIpc) is 2.78. The van der Waals surface area contributed by atoms with E-state index in [-0.39, 0.29) is 5.82 Å². The molecule has 0 unspecified atom stereocenters. The van der Waals surface area contributed by atoms with Crippen LogP contribution in [-0.4, -0.2) is 9.61 Å². The molecule has 0 fully saturated rings. The average molecular weight is 255 g/mol. The lowest BCUT2D eigenvalue weighted by atomic mass is 10.2. The van der Waals surface area contributed by atoms with Gasteiger partial charge < -0.3 is 5.32 Å². The van der Waals surface area contributed by atoms with E-state index >= 15 is 0 Å². The van der Waals surface area contributed by atoms with Crippen LogP contribution in [0, 0.1) is 12.7 Å². The van der Waals surface area contributed by atoms with Gasteiger partial charge in [0.05, 0.1) is 11.7 Å². The highest BCUT2D eigenvalue weighted by Crippen LogP contribution is 2.16. The maximum atomic E-state index is 13.3. The lowest BCUT2D eigenvalue weighted by Gasteiger charge is -2.06. The number of hydrogen-bond acceptors (Lipinski definition) is 2. The minimum absolute atomic E-state index is 0.220. The molecule has 0 spiro atoms. The summed E-state index contributed by atoms with van der Waals surface area (Å²) in [5.41, 5.74) is 3.83. The highest BCUT2D eigenvalue weighted by molar-refractivity contribution is 5.55. The zero-order valence-electron chi connectivity index (χ0n) is 10.6. The van der Waals surface area contributed by atoms with Crippen LogP contribution in [0.25, 0.3) is 5.52 Å². The minimum Gasteiger partial charge on any atom is -0.381 e. The zero-order valence-corrected chi connectivity index (χ0v) is 10.6. The van der Waals surface area contributed by atoms with Gasteiger partial charge in [0.1, 0.15) is 5.82 Å². The van der Waals surface area contributed by atoms with E-state index in [1.165, 1.54) is 12.1 Å². The Balaban J connectivity index is 1.82. The summed E-state index contributed by atoms with van der Waals surface area (Å²) in [6.07, 6.45) is 3.74. The molecule has 0 aliphatic rings. The van der Waals surface area contributed by atoms with Crippen LogP contribution in [0.2, 0.25) is 0 Å². The fraction of sp³-hybridized carbons (Fsp3) is 0.133. The SMILES string of the molecule is Cc1cc(F)cc(NCc2cnn3ccccc23)c1. The molecule has 1 N–H and O–H groups in total. The maximum absolute atomic E-state index is 13.3. The van der Waals surface area contributed by atoms with E-state index in [1.54, 1.807) is 0 Å². The second kappa shape index (κ2) is 4.72. The van der Waals surface area contributed by atoms with Gasteiger partial charge in [0.25, 0.3) is 0 Å². The number of fused-ring (bicyclic) bond motifs is 1. The summed E-state index contributed by atoms with van der Waals surface area (Å²) in [4.78, 5) is 0. The molecule has 0 amide bonds. The van der Waals surface area contributed by atoms with Crippen molar-refractivity contribution in [1.29, 1.82) is 0 Å². The van der Waals surface area contributed by atoms with Gasteiger partial charge in [-0.1, -0.05) is 6.07 Å². The van der Waals surface area contributed by atoms with Crippen molar-refractivity contribution < 1.29 is 4.39 Å². The Hall–Kier alpha value is -2.36. The van der Waals surface area contributed by atoms with Crippen molar-refractivity contribution in [3.8, 4) is 0 Å². The van der Waals surface area contributed by atoms with Crippen LogP contribution in [0.1, 0.15) is 11.1 Å². The Bertz CT molecular complexity index is 698. The third-order valence-corrected chi connectivity index (χ3v) is 3.03. The predicted octanol–water partition coefficient (Wildman–Crippen LogP) is 3.39. The number of aromatic nitrogens is 2. The van der Waals surface area contributed by atoms with Gasteiger partial charge in [-0.3, -0.25) is 0 Å². The van der Waals surface area contributed by atoms with Gasteiger partial charge in [0.15, 0.2) is 0 Å². The van der Waals surface area contributed by atoms with Gasteiger partial charge in [-0.2, -0.15) is 5.10 Å². The Morgan fingerprint density at radius 2 is 2.16 bits per heavy atom. The fourth-order valence-corrected chi connectivity index (χ4v) is 2.16. The van der Waals surface area contributed by atoms with Gasteiger partial charge in [-0.15, -0.1) is 0 Å². The van der Waals surface area contributed by atoms with Crippen molar-refractivity contribution in [3.63, 3.8) is 0 Å². The quantitative estimate of drug-likeness (QED) is 0.777. The first-order chi connectivity index (χ1) is 9.22. The molecule has 0 aliphatic carbocycles. The molecule has 3 aromatic rings. The molecule has 3 rings (SSSR count). The van der Waals surface area contributed by atoms with E-state index in [0.29, 0.717) is 6.54 Å². The molecule has 2 aromatic heterocycles. The van der Waals surface area contributed by atoms with Gasteiger partial charge in [0, 0.05) is 24.0 Å². The summed E-state index contributed by atoms with van der Waals surface area (Å²) in [6, 6.07) is 10.9. The summed E-state index contributed by atoms with van der Waals surface area (Å²) in [5, 5.41) is 7.50. The fourth-order valence-electron chi connectivity index (χ4n) is 2.16. The number of benzene rings is 1. The molecule has 3 nitrogen and oxygen atoms in total. The molecule has 0 saturated heterocycles. The smallest absolute Gasteiger partial charge is 0.125 e. The first-order valence-electron chi connectivity index (χ1n) is 6.15. The van der Waals surface area contributed by atoms with Crippen molar-refractivity contribution in [2.24, 2.45) is 0 Å². The van der Waals surface area contributed by atoms with Crippen LogP contribution in [0.15, 0.2) is 48.8 Å². The van der Waals surface area contributed by atoms with Crippen molar-refractivity contribution in [2.75, 3.05) is 5.32 Å². The summed E-state index contributed by atoms with van der Waals surface area (Å²) < 4.78 is 15.1. The molecular formula is C15H14FN3. The highest BCUT2D eigenvalue weighted by atomic mass is 19.1. The number of aryl methyl sites for hydroxylation is 1. The van der Waals surface area contributed by atoms with E-state index in [0.717, 1.165) is 22.3 Å². The minimum atomic E-state index is -0.220. The molecule has 0 aliphatic heterocycles. The first kappa shape index (κ1) is 11.7. The number of nitrogens with one attached hydrogen (secondary N) is 1. The van der Waals surface area contributed by atoms with Crippen LogP contribution in [0.5, 0.6) is 0 Å². The van der Waals surface area contributed by atoms with Crippen LogP contribution < -0.4 is 5.32 Å². The highest BCUT2D eigenvalue weighted by Gasteiger charge is 2.03. The second-order valence-electron chi connectivity index (χ2n) is 4.57. The van der Waals surface area contributed by atoms with Crippen molar-refractivity contribution in [3.05, 3.63) is 65.7 Å². The standard InChI is InChI=1S/C15H14FN3/c1-11-6-13(16)8-14(7-11)17-9-12-10-18-19-5-3-2-4-15(12)19/h2-8,10,17H,9H2,1H3. The molecule has 0 bridgehead atoms.